The number of aromatic nitrogens is 12. The van der Waals surface area contributed by atoms with Crippen LogP contribution in [-0.4, -0.2) is 186 Å². The molecule has 0 aliphatic carbocycles. The minimum atomic E-state index is -0.647. The van der Waals surface area contributed by atoms with Crippen LogP contribution in [0.3, 0.4) is 0 Å². The summed E-state index contributed by atoms with van der Waals surface area (Å²) < 4.78 is 11.8. The van der Waals surface area contributed by atoms with E-state index in [-0.39, 0.29) is 139 Å². The van der Waals surface area contributed by atoms with E-state index >= 15 is 0 Å². The lowest BCUT2D eigenvalue weighted by Gasteiger charge is -2.10. The van der Waals surface area contributed by atoms with Gasteiger partial charge in [-0.05, 0) is 57.7 Å². The molecule has 99 heavy (non-hydrogen) atoms. The Morgan fingerprint density at radius 1 is 0.333 bits per heavy atom. The van der Waals surface area contributed by atoms with Crippen LogP contribution in [0.25, 0.3) is 0 Å². The highest BCUT2D eigenvalue weighted by molar-refractivity contribution is 6.07. The quantitative estimate of drug-likeness (QED) is 0.0260. The molecule has 8 aromatic heterocycles. The Labute approximate surface area is 566 Å². The molecule has 0 saturated carbocycles. The van der Waals surface area contributed by atoms with E-state index in [1.807, 2.05) is 19.0 Å². The lowest BCUT2D eigenvalue weighted by molar-refractivity contribution is -0.121. The fourth-order valence-corrected chi connectivity index (χ4v) is 9.99. The minimum Gasteiger partial charge on any atom is -0.356 e. The van der Waals surface area contributed by atoms with Crippen LogP contribution in [0.4, 0.5) is 40.2 Å². The number of imidazole rings is 4. The first-order chi connectivity index (χ1) is 47.1. The number of aryl methyl sites for hydroxylation is 8. The number of hydrogen-bond acceptors (Lipinski definition) is 17. The standard InChI is InChI=1S/C62H79N25O12/c1-79(2)23-12-18-63-47(88)14-19-66-56(93)41-26-37(30-81(41)4)70-58(95)43-25-36(29-84(43)7)69-49(90)15-20-67-57(94)42-28-39(32-83(42)6)72-61(98)53-75-44(33-86(53)9)73-48(89)13-11-17-65-55(92)40-27-38(31-82(40)5)71-62(99)54-76-45(34-87(54)10)74-50(91)16-21-68-59(96)52-77-46(35-85(52)8)78-60(97)51-64-22-24-80(51)3/h22,24-35H,11-21,23H2,1-10H3,(H,63,88)(H,65,92)(H,66,93)(H,67,94)(H,68,96)(H,69,90)(H,70,95)(H,71,99)(H,72,98)(H,73,89)(H,74,91)(H,78,97). The van der Waals surface area contributed by atoms with Gasteiger partial charge in [-0.1, -0.05) is 0 Å². The molecule has 8 heterocycles. The predicted octanol–water partition coefficient (Wildman–Crippen LogP) is 0.837. The summed E-state index contributed by atoms with van der Waals surface area (Å²) in [5, 5.41) is 32.3. The van der Waals surface area contributed by atoms with Crippen LogP contribution in [0.1, 0.15) is 123 Å². The minimum absolute atomic E-state index is 0.0113. The van der Waals surface area contributed by atoms with Gasteiger partial charge in [0.1, 0.15) is 22.8 Å². The molecule has 37 nitrogen and oxygen atoms in total. The first-order valence-electron chi connectivity index (χ1n) is 31.0. The first-order valence-corrected chi connectivity index (χ1v) is 31.0. The highest BCUT2D eigenvalue weighted by Crippen LogP contribution is 2.21. The van der Waals surface area contributed by atoms with Crippen molar-refractivity contribution in [2.45, 2.75) is 38.5 Å². The number of hydrogen-bond donors (Lipinski definition) is 12. The predicted molar refractivity (Wildman–Crippen MR) is 361 cm³/mol. The van der Waals surface area contributed by atoms with Crippen LogP contribution in [0.5, 0.6) is 0 Å². The Balaban J connectivity index is 0.700. The highest BCUT2D eigenvalue weighted by Gasteiger charge is 2.24. The van der Waals surface area contributed by atoms with Crippen LogP contribution >= 0.6 is 0 Å². The number of carbonyl (C=O) groups is 12. The van der Waals surface area contributed by atoms with E-state index in [1.54, 1.807) is 79.5 Å². The van der Waals surface area contributed by atoms with Crippen molar-refractivity contribution >= 4 is 111 Å². The second-order valence-corrected chi connectivity index (χ2v) is 23.3. The van der Waals surface area contributed by atoms with E-state index in [4.69, 9.17) is 0 Å². The van der Waals surface area contributed by atoms with Crippen LogP contribution in [0, 0.1) is 0 Å². The highest BCUT2D eigenvalue weighted by atomic mass is 16.2. The van der Waals surface area contributed by atoms with Gasteiger partial charge < -0.3 is 105 Å². The summed E-state index contributed by atoms with van der Waals surface area (Å²) in [6.45, 7) is 1.47. The number of rotatable bonds is 32. The van der Waals surface area contributed by atoms with Gasteiger partial charge in [0, 0.05) is 171 Å². The van der Waals surface area contributed by atoms with Gasteiger partial charge in [0.15, 0.2) is 23.3 Å². The van der Waals surface area contributed by atoms with Crippen LogP contribution in [0.2, 0.25) is 0 Å². The van der Waals surface area contributed by atoms with Gasteiger partial charge in [-0.15, -0.1) is 0 Å². The average molecular weight is 1370 g/mol. The topological polar surface area (TPSA) is 443 Å². The van der Waals surface area contributed by atoms with Crippen LogP contribution in [0.15, 0.2) is 80.0 Å². The Morgan fingerprint density at radius 3 is 1.13 bits per heavy atom. The molecule has 8 aromatic rings. The lowest BCUT2D eigenvalue weighted by Crippen LogP contribution is -2.32. The van der Waals surface area contributed by atoms with Gasteiger partial charge in [0.05, 0.1) is 22.7 Å². The van der Waals surface area contributed by atoms with Crippen molar-refractivity contribution in [2.24, 2.45) is 56.4 Å². The summed E-state index contributed by atoms with van der Waals surface area (Å²) in [7, 11) is 16.7. The van der Waals surface area contributed by atoms with E-state index in [0.29, 0.717) is 17.9 Å². The fourth-order valence-electron chi connectivity index (χ4n) is 9.99. The molecule has 8 rings (SSSR count). The summed E-state index contributed by atoms with van der Waals surface area (Å²) in [5.41, 5.74) is 2.03. The van der Waals surface area contributed by atoms with Gasteiger partial charge in [0.2, 0.25) is 41.1 Å². The molecule has 37 heteroatoms. The first kappa shape index (κ1) is 72.4. The van der Waals surface area contributed by atoms with E-state index in [1.165, 1.54) is 93.4 Å². The van der Waals surface area contributed by atoms with Crippen molar-refractivity contribution in [1.29, 1.82) is 0 Å². The molecule has 12 N–H and O–H groups in total. The summed E-state index contributed by atoms with van der Waals surface area (Å²) >= 11 is 0. The Kier molecular flexibility index (Phi) is 24.0. The van der Waals surface area contributed by atoms with Gasteiger partial charge >= 0.3 is 0 Å². The second kappa shape index (κ2) is 32.8. The van der Waals surface area contributed by atoms with E-state index < -0.39 is 65.0 Å². The lowest BCUT2D eigenvalue weighted by atomic mass is 10.3. The van der Waals surface area contributed by atoms with Gasteiger partial charge in [-0.2, -0.15) is 0 Å². The van der Waals surface area contributed by atoms with E-state index in [2.05, 4.69) is 83.7 Å². The molecule has 0 spiro atoms. The molecule has 0 bridgehead atoms. The maximum absolute atomic E-state index is 13.4. The van der Waals surface area contributed by atoms with Gasteiger partial charge in [-0.25, -0.2) is 19.9 Å². The SMILES string of the molecule is CN(C)CCCNC(=O)CCNC(=O)c1cc(NC(=O)c2cc(NC(=O)CCNC(=O)c3cc(NC(=O)c4nc(NC(=O)CCCNC(=O)c5cc(NC(=O)c6nc(NC(=O)CCNC(=O)c7nc(NC(=O)c8nccn8C)cn7C)cn6C)cn5C)cn4C)cn3C)cn2C)cn1C. The van der Waals surface area contributed by atoms with Crippen molar-refractivity contribution in [3.63, 3.8) is 0 Å². The molecule has 524 valence electrons. The molecule has 0 aliphatic heterocycles. The van der Waals surface area contributed by atoms with Crippen molar-refractivity contribution in [1.82, 2.24) is 88.0 Å². The monoisotopic (exact) mass is 1370 g/mol. The summed E-state index contributed by atoms with van der Waals surface area (Å²) in [4.78, 5) is 174. The number of amides is 12. The molecule has 0 unspecified atom stereocenters. The fraction of sp³-hybridized carbons (Fsp3) is 0.355. The van der Waals surface area contributed by atoms with Crippen LogP contribution in [-0.2, 0) is 75.6 Å². The van der Waals surface area contributed by atoms with Crippen molar-refractivity contribution in [3.8, 4) is 0 Å². The van der Waals surface area contributed by atoms with Crippen molar-refractivity contribution < 1.29 is 57.5 Å². The van der Waals surface area contributed by atoms with Gasteiger partial charge in [0.25, 0.3) is 47.3 Å². The normalized spacial score (nSPS) is 11.0. The average Bonchev–Trinajstić information content (AvgIpc) is 1.70. The zero-order valence-corrected chi connectivity index (χ0v) is 56.2. The van der Waals surface area contributed by atoms with Crippen molar-refractivity contribution in [3.05, 3.63) is 126 Å². The molecular weight excluding hydrogens is 1290 g/mol. The summed E-state index contributed by atoms with van der Waals surface area (Å²) in [6.07, 6.45) is 14.4. The molecule has 0 atom stereocenters. The zero-order valence-electron chi connectivity index (χ0n) is 56.2. The Morgan fingerprint density at radius 2 is 0.687 bits per heavy atom. The molecule has 12 amide bonds. The second-order valence-electron chi connectivity index (χ2n) is 23.3. The largest absolute Gasteiger partial charge is 0.356 e. The maximum atomic E-state index is 13.4. The number of carbonyl (C=O) groups excluding carboxylic acids is 12. The molecule has 0 saturated heterocycles. The number of anilines is 7. The van der Waals surface area contributed by atoms with E-state index in [0.717, 1.165) is 13.0 Å². The molecule has 0 fully saturated rings. The maximum Gasteiger partial charge on any atom is 0.292 e. The molecule has 0 aromatic carbocycles. The third kappa shape index (κ3) is 19.8. The third-order valence-corrected chi connectivity index (χ3v) is 14.9. The molecular formula is C62H79N25O12. The van der Waals surface area contributed by atoms with Gasteiger partial charge in [-0.3, -0.25) is 57.5 Å². The number of nitrogens with one attached hydrogen (secondary N) is 12. The smallest absolute Gasteiger partial charge is 0.292 e. The Bertz CT molecular complexity index is 4370. The zero-order chi connectivity index (χ0) is 71.8. The molecule has 0 aliphatic rings. The van der Waals surface area contributed by atoms with Crippen molar-refractivity contribution in [2.75, 3.05) is 90.6 Å². The molecule has 0 radical (unpaired) electrons. The third-order valence-electron chi connectivity index (χ3n) is 14.9. The van der Waals surface area contributed by atoms with Crippen LogP contribution < -0.4 is 63.8 Å². The Hall–Kier alpha value is -12.4. The van der Waals surface area contributed by atoms with E-state index in [9.17, 15) is 57.5 Å². The summed E-state index contributed by atoms with van der Waals surface area (Å²) in [6, 6.07) is 5.87. The summed E-state index contributed by atoms with van der Waals surface area (Å²) in [5.74, 6) is -5.62. The number of nitrogens with zero attached hydrogens (tertiary/aromatic N) is 13.